The summed E-state index contributed by atoms with van der Waals surface area (Å²) in [6.45, 7) is -0.529. The smallest absolute Gasteiger partial charge is 0.267 e. The molecule has 22 heavy (non-hydrogen) atoms. The monoisotopic (exact) mass is 445 g/mol. The van der Waals surface area contributed by atoms with Crippen LogP contribution in [0.1, 0.15) is 0 Å². The van der Waals surface area contributed by atoms with Crippen molar-refractivity contribution in [3.05, 3.63) is 13.9 Å². The van der Waals surface area contributed by atoms with Crippen LogP contribution in [0.2, 0.25) is 0 Å². The van der Waals surface area contributed by atoms with Crippen molar-refractivity contribution in [2.24, 2.45) is 0 Å². The molecule has 0 radical (unpaired) electrons. The predicted octanol–water partition coefficient (Wildman–Crippen LogP) is -1.69. The molecule has 0 saturated carbocycles. The van der Waals surface area contributed by atoms with Gasteiger partial charge in [0, 0.05) is 0 Å². The van der Waals surface area contributed by atoms with E-state index < -0.39 is 37.3 Å². The Balaban J connectivity index is 2.26. The van der Waals surface area contributed by atoms with Crippen molar-refractivity contribution in [3.8, 4) is 0 Å². The van der Waals surface area contributed by atoms with Crippen LogP contribution >= 0.6 is 34.4 Å². The van der Waals surface area contributed by atoms with Gasteiger partial charge in [0.15, 0.2) is 11.4 Å². The first kappa shape index (κ1) is 17.9. The van der Waals surface area contributed by atoms with Crippen molar-refractivity contribution in [2.45, 2.75) is 35.8 Å². The summed E-state index contributed by atoms with van der Waals surface area (Å²) in [6, 6.07) is 0. The minimum absolute atomic E-state index is 0.179. The largest absolute Gasteiger partial charge is 0.394 e. The molecule has 0 aromatic carbocycles. The van der Waals surface area contributed by atoms with E-state index in [0.717, 1.165) is 0 Å². The van der Waals surface area contributed by atoms with Gasteiger partial charge in [0.2, 0.25) is 0 Å². The first-order chi connectivity index (χ1) is 10.4. The normalized spacial score (nSPS) is 32.0. The van der Waals surface area contributed by atoms with Gasteiger partial charge in [0.25, 0.3) is 5.56 Å². The molecule has 6 N–H and O–H groups in total. The molecule has 0 spiro atoms. The number of anilines is 1. The van der Waals surface area contributed by atoms with Crippen molar-refractivity contribution in [2.75, 3.05) is 18.2 Å². The lowest BCUT2D eigenvalue weighted by atomic mass is 9.98. The van der Waals surface area contributed by atoms with Gasteiger partial charge < -0.3 is 35.5 Å². The van der Waals surface area contributed by atoms with Gasteiger partial charge in [-0.1, -0.05) is 11.8 Å². The summed E-state index contributed by atoms with van der Waals surface area (Å²) in [4.78, 5) is 18.5. The number of aromatic nitrogens is 2. The van der Waals surface area contributed by atoms with E-state index in [0.29, 0.717) is 5.16 Å². The van der Waals surface area contributed by atoms with Crippen LogP contribution in [0.15, 0.2) is 9.95 Å². The number of nitrogens with one attached hydrogen (secondary N) is 2. The van der Waals surface area contributed by atoms with E-state index in [1.807, 2.05) is 0 Å². The van der Waals surface area contributed by atoms with E-state index in [2.05, 4.69) is 15.3 Å². The lowest BCUT2D eigenvalue weighted by Crippen LogP contribution is -2.60. The van der Waals surface area contributed by atoms with E-state index in [9.17, 15) is 20.1 Å². The van der Waals surface area contributed by atoms with Crippen molar-refractivity contribution < 1.29 is 25.2 Å². The topological polar surface area (TPSA) is 148 Å². The first-order valence-corrected chi connectivity index (χ1v) is 8.60. The summed E-state index contributed by atoms with van der Waals surface area (Å²) in [5, 5.41) is 41.7. The van der Waals surface area contributed by atoms with Crippen LogP contribution in [0.4, 0.5) is 5.82 Å². The second-order valence-electron chi connectivity index (χ2n) is 4.63. The van der Waals surface area contributed by atoms with Crippen LogP contribution in [0.5, 0.6) is 0 Å². The third-order valence-electron chi connectivity index (χ3n) is 3.21. The number of hydrogen-bond acceptors (Lipinski definition) is 9. The van der Waals surface area contributed by atoms with Gasteiger partial charge in [0.1, 0.15) is 33.8 Å². The number of nitrogens with zero attached hydrogens (tertiary/aromatic N) is 1. The average Bonchev–Trinajstić information content (AvgIpc) is 2.51. The van der Waals surface area contributed by atoms with E-state index >= 15 is 0 Å². The molecular weight excluding hydrogens is 429 g/mol. The number of aliphatic hydroxyl groups is 4. The highest BCUT2D eigenvalue weighted by Gasteiger charge is 2.43. The number of hydrogen-bond donors (Lipinski definition) is 6. The molecule has 0 amide bonds. The lowest BCUT2D eigenvalue weighted by Gasteiger charge is -2.40. The van der Waals surface area contributed by atoms with Crippen LogP contribution in [-0.4, -0.2) is 73.9 Å². The standard InChI is InChI=1S/C11H16IN3O6S/c1-22-11-14-8(4(12)9(20)15-11)13-10-7(19)6(18)5(17)3(2-16)21-10/h3,5-7,10,16-19H,2H2,1H3,(H2,13,14,15,20)/t3-,5+,6+,7+,10-/m0/s1. The molecule has 1 aliphatic rings. The van der Waals surface area contributed by atoms with Gasteiger partial charge in [-0.2, -0.15) is 0 Å². The highest BCUT2D eigenvalue weighted by molar-refractivity contribution is 14.1. The van der Waals surface area contributed by atoms with E-state index in [4.69, 9.17) is 9.84 Å². The third kappa shape index (κ3) is 3.55. The molecule has 5 atom stereocenters. The van der Waals surface area contributed by atoms with Crippen LogP contribution in [0.3, 0.4) is 0 Å². The molecule has 1 saturated heterocycles. The quantitative estimate of drug-likeness (QED) is 0.181. The molecule has 0 aliphatic carbocycles. The van der Waals surface area contributed by atoms with Gasteiger partial charge in [-0.3, -0.25) is 4.79 Å². The fourth-order valence-electron chi connectivity index (χ4n) is 1.99. The molecule has 0 unspecified atom stereocenters. The second-order valence-corrected chi connectivity index (χ2v) is 6.51. The Kier molecular flexibility index (Phi) is 6.04. The molecule has 1 aromatic heterocycles. The predicted molar refractivity (Wildman–Crippen MR) is 86.7 cm³/mol. The van der Waals surface area contributed by atoms with Crippen LogP contribution in [0.25, 0.3) is 0 Å². The second kappa shape index (κ2) is 7.42. The summed E-state index contributed by atoms with van der Waals surface area (Å²) in [5.41, 5.74) is -0.355. The molecule has 2 heterocycles. The Hall–Kier alpha value is -0.440. The Morgan fingerprint density at radius 3 is 2.64 bits per heavy atom. The minimum atomic E-state index is -1.50. The van der Waals surface area contributed by atoms with Crippen LogP contribution < -0.4 is 10.9 Å². The summed E-state index contributed by atoms with van der Waals surface area (Å²) in [5.74, 6) is 0.179. The highest BCUT2D eigenvalue weighted by atomic mass is 127. The van der Waals surface area contributed by atoms with Crippen LogP contribution in [-0.2, 0) is 4.74 Å². The maximum absolute atomic E-state index is 11.8. The molecule has 1 fully saturated rings. The zero-order valence-corrected chi connectivity index (χ0v) is 14.4. The molecule has 1 aliphatic heterocycles. The van der Waals surface area contributed by atoms with Crippen molar-refractivity contribution in [1.29, 1.82) is 0 Å². The fraction of sp³-hybridized carbons (Fsp3) is 0.636. The van der Waals surface area contributed by atoms with Crippen molar-refractivity contribution in [1.82, 2.24) is 9.97 Å². The zero-order chi connectivity index (χ0) is 16.4. The molecule has 11 heteroatoms. The van der Waals surface area contributed by atoms with E-state index in [-0.39, 0.29) is 14.9 Å². The molecule has 2 rings (SSSR count). The number of halogens is 1. The Morgan fingerprint density at radius 2 is 2.05 bits per heavy atom. The van der Waals surface area contributed by atoms with E-state index in [1.165, 1.54) is 11.8 Å². The first-order valence-electron chi connectivity index (χ1n) is 6.30. The molecule has 9 nitrogen and oxygen atoms in total. The minimum Gasteiger partial charge on any atom is -0.394 e. The number of rotatable bonds is 4. The average molecular weight is 445 g/mol. The van der Waals surface area contributed by atoms with E-state index in [1.54, 1.807) is 28.8 Å². The summed E-state index contributed by atoms with van der Waals surface area (Å²) in [6.07, 6.45) is -4.81. The van der Waals surface area contributed by atoms with Crippen molar-refractivity contribution >= 4 is 40.2 Å². The van der Waals surface area contributed by atoms with Gasteiger partial charge in [-0.25, -0.2) is 4.98 Å². The molecule has 0 bridgehead atoms. The maximum Gasteiger partial charge on any atom is 0.267 e. The van der Waals surface area contributed by atoms with Gasteiger partial charge >= 0.3 is 0 Å². The highest BCUT2D eigenvalue weighted by Crippen LogP contribution is 2.24. The number of H-pyrrole nitrogens is 1. The zero-order valence-electron chi connectivity index (χ0n) is 11.4. The Bertz CT molecular complexity index is 585. The number of aromatic amines is 1. The van der Waals surface area contributed by atoms with Crippen molar-refractivity contribution in [3.63, 3.8) is 0 Å². The van der Waals surface area contributed by atoms with Crippen LogP contribution in [0, 0.1) is 3.57 Å². The van der Waals surface area contributed by atoms with Gasteiger partial charge in [-0.05, 0) is 28.8 Å². The Labute approximate surface area is 143 Å². The summed E-state index contributed by atoms with van der Waals surface area (Å²) >= 11 is 3.02. The summed E-state index contributed by atoms with van der Waals surface area (Å²) in [7, 11) is 0. The fourth-order valence-corrected chi connectivity index (χ4v) is 2.77. The molecular formula is C11H16IN3O6S. The number of aliphatic hydroxyl groups excluding tert-OH is 4. The number of ether oxygens (including phenoxy) is 1. The SMILES string of the molecule is CSc1nc(N[C@H]2O[C@@H](CO)[C@@H](O)[C@@H](O)[C@H]2O)c(I)c(=O)[nH]1. The Morgan fingerprint density at radius 1 is 1.36 bits per heavy atom. The molecule has 124 valence electrons. The third-order valence-corrected chi connectivity index (χ3v) is 4.79. The maximum atomic E-state index is 11.8. The lowest BCUT2D eigenvalue weighted by molar-refractivity contribution is -0.221. The number of thioether (sulfide) groups is 1. The molecule has 1 aromatic rings. The van der Waals surface area contributed by atoms with Gasteiger partial charge in [-0.15, -0.1) is 0 Å². The summed E-state index contributed by atoms with van der Waals surface area (Å²) < 4.78 is 5.58. The van der Waals surface area contributed by atoms with Gasteiger partial charge in [0.05, 0.1) is 6.61 Å².